The summed E-state index contributed by atoms with van der Waals surface area (Å²) in [5.74, 6) is -0.0863. The van der Waals surface area contributed by atoms with Gasteiger partial charge in [0, 0.05) is 5.56 Å². The fraction of sp³-hybridized carbons (Fsp3) is 0.0667. The topological polar surface area (TPSA) is 63.4 Å². The van der Waals surface area contributed by atoms with Gasteiger partial charge < -0.3 is 5.73 Å². The molecule has 1 aliphatic heterocycles. The summed E-state index contributed by atoms with van der Waals surface area (Å²) in [7, 11) is 0. The number of anilines is 2. The summed E-state index contributed by atoms with van der Waals surface area (Å²) < 4.78 is 0. The number of amides is 2. The van der Waals surface area contributed by atoms with Gasteiger partial charge in [0.2, 0.25) is 0 Å². The highest BCUT2D eigenvalue weighted by molar-refractivity contribution is 9.09. The molecule has 0 aliphatic carbocycles. The molecule has 0 radical (unpaired) electrons. The SMILES string of the molecule is NC(=O)N1c2ccccc2C(=O)C(Br)c2ccccc21. The Bertz CT molecular complexity index is 715. The van der Waals surface area contributed by atoms with Crippen molar-refractivity contribution in [1.29, 1.82) is 0 Å². The number of hydrogen-bond donors (Lipinski definition) is 1. The van der Waals surface area contributed by atoms with E-state index in [0.717, 1.165) is 5.56 Å². The van der Waals surface area contributed by atoms with E-state index < -0.39 is 10.9 Å². The van der Waals surface area contributed by atoms with Gasteiger partial charge in [0.15, 0.2) is 5.78 Å². The number of Topliss-reactive ketones (excluding diaryl/α,β-unsaturated/α-hetero) is 1. The number of benzene rings is 2. The molecule has 0 spiro atoms. The molecule has 1 atom stereocenters. The fourth-order valence-electron chi connectivity index (χ4n) is 2.43. The molecule has 2 aromatic rings. The predicted molar refractivity (Wildman–Crippen MR) is 80.6 cm³/mol. The Labute approximate surface area is 124 Å². The van der Waals surface area contributed by atoms with Crippen molar-refractivity contribution < 1.29 is 9.59 Å². The molecule has 3 rings (SSSR count). The number of primary amides is 1. The van der Waals surface area contributed by atoms with Crippen molar-refractivity contribution in [1.82, 2.24) is 0 Å². The monoisotopic (exact) mass is 330 g/mol. The summed E-state index contributed by atoms with van der Waals surface area (Å²) >= 11 is 3.42. The molecule has 0 aromatic heterocycles. The molecule has 2 aromatic carbocycles. The first-order valence-electron chi connectivity index (χ1n) is 6.07. The fourth-order valence-corrected chi connectivity index (χ4v) is 3.06. The molecule has 0 fully saturated rings. The zero-order valence-corrected chi connectivity index (χ0v) is 12.0. The number of para-hydroxylation sites is 2. The van der Waals surface area contributed by atoms with Crippen LogP contribution in [0.5, 0.6) is 0 Å². The van der Waals surface area contributed by atoms with E-state index in [1.165, 1.54) is 4.90 Å². The van der Waals surface area contributed by atoms with Crippen molar-refractivity contribution >= 4 is 39.1 Å². The van der Waals surface area contributed by atoms with Crippen molar-refractivity contribution in [2.75, 3.05) is 4.90 Å². The minimum absolute atomic E-state index is 0.0863. The quantitative estimate of drug-likeness (QED) is 0.751. The van der Waals surface area contributed by atoms with E-state index >= 15 is 0 Å². The largest absolute Gasteiger partial charge is 0.351 e. The van der Waals surface area contributed by atoms with Crippen LogP contribution in [0, 0.1) is 0 Å². The van der Waals surface area contributed by atoms with E-state index in [1.807, 2.05) is 18.2 Å². The van der Waals surface area contributed by atoms with Crippen molar-refractivity contribution in [3.63, 3.8) is 0 Å². The molecular formula is C15H11BrN2O2. The van der Waals surface area contributed by atoms with Crippen LogP contribution < -0.4 is 10.6 Å². The smallest absolute Gasteiger partial charge is 0.323 e. The Hall–Kier alpha value is -2.14. The number of ketones is 1. The highest BCUT2D eigenvalue weighted by Gasteiger charge is 2.33. The lowest BCUT2D eigenvalue weighted by atomic mass is 10.0. The zero-order valence-electron chi connectivity index (χ0n) is 10.4. The van der Waals surface area contributed by atoms with Crippen LogP contribution in [0.25, 0.3) is 0 Å². The van der Waals surface area contributed by atoms with Crippen LogP contribution in [-0.4, -0.2) is 11.8 Å². The number of alkyl halides is 1. The number of rotatable bonds is 0. The lowest BCUT2D eigenvalue weighted by molar-refractivity contribution is 0.0993. The van der Waals surface area contributed by atoms with Gasteiger partial charge in [0.25, 0.3) is 0 Å². The van der Waals surface area contributed by atoms with Crippen LogP contribution in [0.3, 0.4) is 0 Å². The molecule has 5 heteroatoms. The molecule has 1 unspecified atom stereocenters. The summed E-state index contributed by atoms with van der Waals surface area (Å²) in [5, 5.41) is 0. The van der Waals surface area contributed by atoms with Crippen molar-refractivity contribution in [3.8, 4) is 0 Å². The molecule has 2 amide bonds. The first-order valence-corrected chi connectivity index (χ1v) is 6.98. The molecule has 0 saturated heterocycles. The van der Waals surface area contributed by atoms with E-state index in [0.29, 0.717) is 16.9 Å². The van der Waals surface area contributed by atoms with Crippen molar-refractivity contribution in [2.45, 2.75) is 4.83 Å². The minimum Gasteiger partial charge on any atom is -0.351 e. The Morgan fingerprint density at radius 1 is 1.05 bits per heavy atom. The van der Waals surface area contributed by atoms with Gasteiger partial charge in [0.05, 0.1) is 11.4 Å². The second-order valence-corrected chi connectivity index (χ2v) is 5.39. The molecular weight excluding hydrogens is 320 g/mol. The Balaban J connectivity index is 2.36. The van der Waals surface area contributed by atoms with E-state index in [1.54, 1.807) is 30.3 Å². The third-order valence-corrected chi connectivity index (χ3v) is 4.22. The summed E-state index contributed by atoms with van der Waals surface area (Å²) in [6.45, 7) is 0. The van der Waals surface area contributed by atoms with Crippen LogP contribution in [0.4, 0.5) is 16.2 Å². The standard InChI is InChI=1S/C15H11BrN2O2/c16-13-9-5-1-3-7-11(9)18(15(17)20)12-8-4-2-6-10(12)14(13)19/h1-8,13H,(H2,17,20). The maximum atomic E-state index is 12.5. The van der Waals surface area contributed by atoms with Crippen LogP contribution in [0.2, 0.25) is 0 Å². The van der Waals surface area contributed by atoms with Gasteiger partial charge in [-0.3, -0.25) is 9.69 Å². The highest BCUT2D eigenvalue weighted by atomic mass is 79.9. The molecule has 20 heavy (non-hydrogen) atoms. The number of urea groups is 1. The van der Waals surface area contributed by atoms with Crippen LogP contribution in [-0.2, 0) is 0 Å². The maximum absolute atomic E-state index is 12.5. The average Bonchev–Trinajstić information content (AvgIpc) is 2.55. The van der Waals surface area contributed by atoms with Gasteiger partial charge in [-0.05, 0) is 23.8 Å². The normalized spacial score (nSPS) is 17.1. The number of carbonyl (C=O) groups is 2. The summed E-state index contributed by atoms with van der Waals surface area (Å²) in [4.78, 5) is 25.3. The number of hydrogen-bond acceptors (Lipinski definition) is 2. The van der Waals surface area contributed by atoms with Gasteiger partial charge in [0.1, 0.15) is 4.83 Å². The predicted octanol–water partition coefficient (Wildman–Crippen LogP) is 3.54. The van der Waals surface area contributed by atoms with Crippen molar-refractivity contribution in [2.24, 2.45) is 5.73 Å². The summed E-state index contributed by atoms with van der Waals surface area (Å²) in [6.07, 6.45) is 0. The summed E-state index contributed by atoms with van der Waals surface area (Å²) in [5.41, 5.74) is 7.86. The van der Waals surface area contributed by atoms with Gasteiger partial charge >= 0.3 is 6.03 Å². The van der Waals surface area contributed by atoms with Gasteiger partial charge in [-0.2, -0.15) is 0 Å². The Morgan fingerprint density at radius 3 is 2.35 bits per heavy atom. The molecule has 1 heterocycles. The molecule has 0 bridgehead atoms. The second-order valence-electron chi connectivity index (χ2n) is 4.48. The Morgan fingerprint density at radius 2 is 1.65 bits per heavy atom. The number of fused-ring (bicyclic) bond motifs is 2. The maximum Gasteiger partial charge on any atom is 0.323 e. The van der Waals surface area contributed by atoms with Gasteiger partial charge in [-0.15, -0.1) is 0 Å². The van der Waals surface area contributed by atoms with Crippen molar-refractivity contribution in [3.05, 3.63) is 59.7 Å². The Kier molecular flexibility index (Phi) is 3.06. The van der Waals surface area contributed by atoms with E-state index in [2.05, 4.69) is 15.9 Å². The average molecular weight is 331 g/mol. The van der Waals surface area contributed by atoms with E-state index in [9.17, 15) is 9.59 Å². The minimum atomic E-state index is -0.612. The molecule has 2 N–H and O–H groups in total. The lowest BCUT2D eigenvalue weighted by Gasteiger charge is -2.22. The number of halogens is 1. The number of carbonyl (C=O) groups excluding carboxylic acids is 2. The van der Waals surface area contributed by atoms with E-state index in [4.69, 9.17) is 5.73 Å². The highest BCUT2D eigenvalue weighted by Crippen LogP contribution is 2.42. The van der Waals surface area contributed by atoms with Crippen LogP contribution in [0.1, 0.15) is 20.7 Å². The van der Waals surface area contributed by atoms with Crippen LogP contribution in [0.15, 0.2) is 48.5 Å². The zero-order chi connectivity index (χ0) is 14.3. The molecule has 1 aliphatic rings. The first kappa shape index (κ1) is 12.9. The molecule has 4 nitrogen and oxygen atoms in total. The first-order chi connectivity index (χ1) is 9.61. The second kappa shape index (κ2) is 4.76. The van der Waals surface area contributed by atoms with Gasteiger partial charge in [-0.25, -0.2) is 4.79 Å². The lowest BCUT2D eigenvalue weighted by Crippen LogP contribution is -2.32. The van der Waals surface area contributed by atoms with E-state index in [-0.39, 0.29) is 5.78 Å². The molecule has 100 valence electrons. The molecule has 0 saturated carbocycles. The third kappa shape index (κ3) is 1.82. The number of nitrogens with two attached hydrogens (primary N) is 1. The third-order valence-electron chi connectivity index (χ3n) is 3.31. The number of nitrogens with zero attached hydrogens (tertiary/aromatic N) is 1. The van der Waals surface area contributed by atoms with Crippen LogP contribution >= 0.6 is 15.9 Å². The summed E-state index contributed by atoms with van der Waals surface area (Å²) in [6, 6.07) is 13.6. The van der Waals surface area contributed by atoms with Gasteiger partial charge in [-0.1, -0.05) is 46.3 Å².